The van der Waals surface area contributed by atoms with E-state index < -0.39 is 6.36 Å². The van der Waals surface area contributed by atoms with Crippen molar-refractivity contribution in [1.29, 1.82) is 0 Å². The molecule has 2 nitrogen and oxygen atoms in total. The van der Waals surface area contributed by atoms with E-state index >= 15 is 0 Å². The lowest BCUT2D eigenvalue weighted by molar-refractivity contribution is -0.274. The summed E-state index contributed by atoms with van der Waals surface area (Å²) in [6.07, 6.45) is -4.73. The van der Waals surface area contributed by atoms with Crippen molar-refractivity contribution in [2.24, 2.45) is 5.73 Å². The minimum Gasteiger partial charge on any atom is -0.405 e. The van der Waals surface area contributed by atoms with Gasteiger partial charge >= 0.3 is 6.36 Å². The molecule has 1 aromatic rings. The Bertz CT molecular complexity index is 327. The van der Waals surface area contributed by atoms with Crippen molar-refractivity contribution in [2.45, 2.75) is 12.9 Å². The fourth-order valence-corrected chi connectivity index (χ4v) is 1.08. The zero-order valence-electron chi connectivity index (χ0n) is 6.94. The first kappa shape index (κ1) is 11.1. The number of hydrogen-bond donors (Lipinski definition) is 1. The van der Waals surface area contributed by atoms with E-state index in [-0.39, 0.29) is 22.9 Å². The third-order valence-electron chi connectivity index (χ3n) is 1.47. The number of hydrogen-bond acceptors (Lipinski definition) is 2. The maximum Gasteiger partial charge on any atom is 0.573 e. The van der Waals surface area contributed by atoms with Crippen LogP contribution in [0.5, 0.6) is 5.75 Å². The van der Waals surface area contributed by atoms with Gasteiger partial charge in [-0.1, -0.05) is 17.7 Å². The molecular weight excluding hydrogens is 219 g/mol. The summed E-state index contributed by atoms with van der Waals surface area (Å²) in [6.45, 7) is -0.0391. The normalized spacial score (nSPS) is 11.5. The summed E-state index contributed by atoms with van der Waals surface area (Å²) >= 11 is 5.51. The predicted molar refractivity (Wildman–Crippen MR) is 46.0 cm³/mol. The van der Waals surface area contributed by atoms with Crippen LogP contribution in [-0.2, 0) is 6.54 Å². The van der Waals surface area contributed by atoms with Crippen LogP contribution in [-0.4, -0.2) is 6.36 Å². The van der Waals surface area contributed by atoms with Crippen LogP contribution in [0.1, 0.15) is 5.56 Å². The zero-order chi connectivity index (χ0) is 10.8. The number of rotatable bonds is 2. The highest BCUT2D eigenvalue weighted by atomic mass is 35.5. The molecule has 0 amide bonds. The van der Waals surface area contributed by atoms with Crippen LogP contribution in [0.15, 0.2) is 18.2 Å². The van der Waals surface area contributed by atoms with Gasteiger partial charge in [-0.3, -0.25) is 0 Å². The highest BCUT2D eigenvalue weighted by Crippen LogP contribution is 2.28. The van der Waals surface area contributed by atoms with Gasteiger partial charge < -0.3 is 10.5 Å². The van der Waals surface area contributed by atoms with Crippen molar-refractivity contribution < 1.29 is 17.9 Å². The van der Waals surface area contributed by atoms with E-state index in [9.17, 15) is 13.2 Å². The highest BCUT2D eigenvalue weighted by molar-refractivity contribution is 6.30. The molecule has 0 atom stereocenters. The smallest absolute Gasteiger partial charge is 0.405 e. The monoisotopic (exact) mass is 225 g/mol. The molecule has 0 aromatic heterocycles. The summed E-state index contributed by atoms with van der Waals surface area (Å²) in [6, 6.07) is 3.92. The minimum absolute atomic E-state index is 0.0391. The van der Waals surface area contributed by atoms with Crippen molar-refractivity contribution in [2.75, 3.05) is 0 Å². The second-order valence-electron chi connectivity index (χ2n) is 2.50. The zero-order valence-corrected chi connectivity index (χ0v) is 7.69. The summed E-state index contributed by atoms with van der Waals surface area (Å²) in [5.41, 5.74) is 5.49. The Morgan fingerprint density at radius 2 is 2.00 bits per heavy atom. The molecule has 0 saturated carbocycles. The quantitative estimate of drug-likeness (QED) is 0.840. The minimum atomic E-state index is -4.73. The van der Waals surface area contributed by atoms with Crippen LogP contribution < -0.4 is 10.5 Å². The van der Waals surface area contributed by atoms with Crippen LogP contribution in [0.25, 0.3) is 0 Å². The maximum atomic E-state index is 11.9. The third kappa shape index (κ3) is 3.08. The molecule has 0 aliphatic heterocycles. The SMILES string of the molecule is NCc1ccc(Cl)cc1OC(F)(F)F. The summed E-state index contributed by atoms with van der Waals surface area (Å²) in [4.78, 5) is 0. The van der Waals surface area contributed by atoms with Crippen molar-refractivity contribution in [3.63, 3.8) is 0 Å². The molecule has 14 heavy (non-hydrogen) atoms. The lowest BCUT2D eigenvalue weighted by Gasteiger charge is -2.12. The van der Waals surface area contributed by atoms with Crippen molar-refractivity contribution >= 4 is 11.6 Å². The van der Waals surface area contributed by atoms with E-state index in [4.69, 9.17) is 17.3 Å². The third-order valence-corrected chi connectivity index (χ3v) is 1.71. The number of nitrogens with two attached hydrogens (primary N) is 1. The molecule has 0 spiro atoms. The van der Waals surface area contributed by atoms with E-state index in [0.29, 0.717) is 0 Å². The van der Waals surface area contributed by atoms with Crippen molar-refractivity contribution in [3.8, 4) is 5.75 Å². The second kappa shape index (κ2) is 4.06. The van der Waals surface area contributed by atoms with Gasteiger partial charge in [0, 0.05) is 17.1 Å². The molecule has 1 rings (SSSR count). The molecule has 0 heterocycles. The molecule has 0 bridgehead atoms. The molecular formula is C8H7ClF3NO. The number of ether oxygens (including phenoxy) is 1. The summed E-state index contributed by atoms with van der Waals surface area (Å²) < 4.78 is 39.4. The van der Waals surface area contributed by atoms with Crippen LogP contribution in [0.2, 0.25) is 5.02 Å². The molecule has 0 aliphatic rings. The first-order valence-corrected chi connectivity index (χ1v) is 4.04. The summed E-state index contributed by atoms with van der Waals surface area (Å²) in [7, 11) is 0. The molecule has 78 valence electrons. The van der Waals surface area contributed by atoms with Crippen molar-refractivity contribution in [3.05, 3.63) is 28.8 Å². The average molecular weight is 226 g/mol. The molecule has 0 saturated heterocycles. The van der Waals surface area contributed by atoms with Crippen LogP contribution >= 0.6 is 11.6 Å². The Labute approximate surface area is 83.4 Å². The first-order valence-electron chi connectivity index (χ1n) is 3.66. The van der Waals surface area contributed by atoms with Gasteiger partial charge in [0.25, 0.3) is 0 Å². The largest absolute Gasteiger partial charge is 0.573 e. The van der Waals surface area contributed by atoms with Gasteiger partial charge in [-0.05, 0) is 12.1 Å². The topological polar surface area (TPSA) is 35.2 Å². The van der Waals surface area contributed by atoms with E-state index in [2.05, 4.69) is 4.74 Å². The molecule has 0 fully saturated rings. The molecule has 0 aliphatic carbocycles. The fraction of sp³-hybridized carbons (Fsp3) is 0.250. The molecule has 1 aromatic carbocycles. The standard InChI is InChI=1S/C8H7ClF3NO/c9-6-2-1-5(4-13)7(3-6)14-8(10,11)12/h1-3H,4,13H2. The lowest BCUT2D eigenvalue weighted by Crippen LogP contribution is -2.18. The van der Waals surface area contributed by atoms with Gasteiger partial charge in [-0.2, -0.15) is 0 Å². The fourth-order valence-electron chi connectivity index (χ4n) is 0.917. The predicted octanol–water partition coefficient (Wildman–Crippen LogP) is 2.70. The number of halogens is 4. The van der Waals surface area contributed by atoms with Gasteiger partial charge in [0.15, 0.2) is 0 Å². The van der Waals surface area contributed by atoms with Gasteiger partial charge in [0.2, 0.25) is 0 Å². The average Bonchev–Trinajstić information content (AvgIpc) is 2.01. The van der Waals surface area contributed by atoms with Gasteiger partial charge in [0.1, 0.15) is 5.75 Å². The van der Waals surface area contributed by atoms with Gasteiger partial charge in [-0.25, -0.2) is 0 Å². The Balaban J connectivity index is 2.99. The highest BCUT2D eigenvalue weighted by Gasteiger charge is 2.32. The Morgan fingerprint density at radius 1 is 1.36 bits per heavy atom. The van der Waals surface area contributed by atoms with E-state index in [1.54, 1.807) is 0 Å². The maximum absolute atomic E-state index is 11.9. The molecule has 0 unspecified atom stereocenters. The summed E-state index contributed by atoms with van der Waals surface area (Å²) in [5, 5.41) is 0.168. The molecule has 6 heteroatoms. The van der Waals surface area contributed by atoms with Crippen molar-refractivity contribution in [1.82, 2.24) is 0 Å². The van der Waals surface area contributed by atoms with Gasteiger partial charge in [-0.15, -0.1) is 13.2 Å². The van der Waals surface area contributed by atoms with Crippen LogP contribution in [0.4, 0.5) is 13.2 Å². The molecule has 2 N–H and O–H groups in total. The van der Waals surface area contributed by atoms with E-state index in [1.165, 1.54) is 12.1 Å². The summed E-state index contributed by atoms with van der Waals surface area (Å²) in [5.74, 6) is -0.354. The first-order chi connectivity index (χ1) is 6.42. The van der Waals surface area contributed by atoms with E-state index in [0.717, 1.165) is 6.07 Å². The Hall–Kier alpha value is -0.940. The molecule has 0 radical (unpaired) electrons. The van der Waals surface area contributed by atoms with E-state index in [1.807, 2.05) is 0 Å². The number of benzene rings is 1. The van der Waals surface area contributed by atoms with Gasteiger partial charge in [0.05, 0.1) is 0 Å². The Morgan fingerprint density at radius 3 is 2.50 bits per heavy atom. The Kier molecular flexibility index (Phi) is 3.23. The second-order valence-corrected chi connectivity index (χ2v) is 2.94. The van der Waals surface area contributed by atoms with Crippen LogP contribution in [0.3, 0.4) is 0 Å². The lowest BCUT2D eigenvalue weighted by atomic mass is 10.2. The number of alkyl halides is 3. The van der Waals surface area contributed by atoms with Crippen LogP contribution in [0, 0.1) is 0 Å².